The van der Waals surface area contributed by atoms with E-state index < -0.39 is 5.82 Å². The maximum Gasteiger partial charge on any atom is 0.231 e. The van der Waals surface area contributed by atoms with Gasteiger partial charge in [-0.1, -0.05) is 17.4 Å². The van der Waals surface area contributed by atoms with Crippen LogP contribution in [-0.2, 0) is 24.3 Å². The molecule has 29 heavy (non-hydrogen) atoms. The van der Waals surface area contributed by atoms with Crippen molar-refractivity contribution >= 4 is 22.4 Å². The summed E-state index contributed by atoms with van der Waals surface area (Å²) in [4.78, 5) is 14.7. The maximum absolute atomic E-state index is 13.8. The van der Waals surface area contributed by atoms with Crippen molar-refractivity contribution in [1.82, 2.24) is 15.1 Å². The number of nitrogens with zero attached hydrogens (tertiary/aromatic N) is 3. The lowest BCUT2D eigenvalue weighted by Gasteiger charge is -2.28. The van der Waals surface area contributed by atoms with E-state index in [0.29, 0.717) is 38.7 Å². The summed E-state index contributed by atoms with van der Waals surface area (Å²) >= 11 is 1.18. The van der Waals surface area contributed by atoms with Gasteiger partial charge in [0.2, 0.25) is 17.8 Å². The van der Waals surface area contributed by atoms with Crippen LogP contribution in [0.3, 0.4) is 0 Å². The van der Waals surface area contributed by atoms with Gasteiger partial charge in [-0.25, -0.2) is 4.39 Å². The first-order valence-electron chi connectivity index (χ1n) is 8.79. The molecule has 3 heterocycles. The molecule has 3 aromatic rings. The number of fused-ring (bicyclic) bond motifs is 3. The van der Waals surface area contributed by atoms with Gasteiger partial charge >= 0.3 is 0 Å². The van der Waals surface area contributed by atoms with E-state index >= 15 is 0 Å². The Morgan fingerprint density at radius 2 is 1.83 bits per heavy atom. The zero-order valence-corrected chi connectivity index (χ0v) is 15.9. The van der Waals surface area contributed by atoms with E-state index in [1.54, 1.807) is 23.1 Å². The maximum atomic E-state index is 13.8. The number of nitrogen functional groups attached to an aromatic ring is 1. The van der Waals surface area contributed by atoms with Gasteiger partial charge in [-0.05, 0) is 12.1 Å². The highest BCUT2D eigenvalue weighted by molar-refractivity contribution is 7.15. The van der Waals surface area contributed by atoms with Gasteiger partial charge in [0.15, 0.2) is 11.5 Å². The molecule has 0 spiro atoms. The summed E-state index contributed by atoms with van der Waals surface area (Å²) in [6.45, 7) is 0.664. The topological polar surface area (TPSA) is 99.8 Å². The fraction of sp³-hybridized carbons (Fsp3) is 0.211. The van der Waals surface area contributed by atoms with Crippen LogP contribution in [-0.4, -0.2) is 27.8 Å². The van der Waals surface area contributed by atoms with E-state index in [1.165, 1.54) is 23.5 Å². The lowest BCUT2D eigenvalue weighted by atomic mass is 10.1. The van der Waals surface area contributed by atoms with E-state index in [1.807, 2.05) is 0 Å². The number of hydrogen-bond donors (Lipinski definition) is 1. The average Bonchev–Trinajstić information content (AvgIpc) is 3.29. The number of carbonyl (C=O) groups is 1. The summed E-state index contributed by atoms with van der Waals surface area (Å²) < 4.78 is 30.7. The van der Waals surface area contributed by atoms with Gasteiger partial charge in [0.25, 0.3) is 0 Å². The molecular weight excluding hydrogens is 399 g/mol. The molecule has 5 rings (SSSR count). The number of amides is 1. The smallest absolute Gasteiger partial charge is 0.231 e. The average molecular weight is 414 g/mol. The first-order chi connectivity index (χ1) is 14.0. The molecule has 0 bridgehead atoms. The van der Waals surface area contributed by atoms with Crippen LogP contribution in [0.25, 0.3) is 0 Å². The number of hydrogen-bond acceptors (Lipinski definition) is 8. The van der Waals surface area contributed by atoms with Gasteiger partial charge in [0, 0.05) is 36.3 Å². The molecule has 0 radical (unpaired) electrons. The molecule has 2 N–H and O–H groups in total. The Kier molecular flexibility index (Phi) is 4.20. The summed E-state index contributed by atoms with van der Waals surface area (Å²) in [5, 5.41) is 8.53. The molecule has 10 heteroatoms. The number of carbonyl (C=O) groups excluding carboxylic acids is 1. The molecule has 0 atom stereocenters. The van der Waals surface area contributed by atoms with Crippen molar-refractivity contribution in [2.75, 3.05) is 12.5 Å². The van der Waals surface area contributed by atoms with Gasteiger partial charge in [-0.2, -0.15) is 0 Å². The van der Waals surface area contributed by atoms with E-state index in [0.717, 1.165) is 5.56 Å². The molecule has 0 saturated heterocycles. The minimum absolute atomic E-state index is 0.0755. The Labute approximate surface area is 168 Å². The summed E-state index contributed by atoms with van der Waals surface area (Å²) in [7, 11) is 0. The third-order valence-corrected chi connectivity index (χ3v) is 5.42. The second kappa shape index (κ2) is 6.89. The van der Waals surface area contributed by atoms with Crippen LogP contribution in [0.4, 0.5) is 9.52 Å². The lowest BCUT2D eigenvalue weighted by Crippen LogP contribution is -2.32. The molecule has 0 saturated carbocycles. The molecule has 0 aliphatic carbocycles. The van der Waals surface area contributed by atoms with Gasteiger partial charge in [0.1, 0.15) is 22.3 Å². The van der Waals surface area contributed by atoms with Crippen LogP contribution in [0.15, 0.2) is 30.3 Å². The van der Waals surface area contributed by atoms with Crippen molar-refractivity contribution in [1.29, 1.82) is 0 Å². The fourth-order valence-electron chi connectivity index (χ4n) is 3.28. The van der Waals surface area contributed by atoms with Crippen LogP contribution >= 0.6 is 11.3 Å². The number of benzene rings is 2. The molecule has 0 unspecified atom stereocenters. The first-order valence-corrected chi connectivity index (χ1v) is 9.61. The zero-order chi connectivity index (χ0) is 20.0. The lowest BCUT2D eigenvalue weighted by molar-refractivity contribution is -0.131. The van der Waals surface area contributed by atoms with Crippen LogP contribution in [0.1, 0.15) is 16.1 Å². The Bertz CT molecular complexity index is 1120. The van der Waals surface area contributed by atoms with Crippen LogP contribution in [0, 0.1) is 5.82 Å². The summed E-state index contributed by atoms with van der Waals surface area (Å²) in [5.74, 6) is 1.39. The van der Waals surface area contributed by atoms with Gasteiger partial charge in [-0.15, -0.1) is 10.2 Å². The monoisotopic (exact) mass is 414 g/mol. The van der Waals surface area contributed by atoms with Gasteiger partial charge in [0.05, 0.1) is 6.42 Å². The van der Waals surface area contributed by atoms with Crippen molar-refractivity contribution in [3.8, 4) is 23.0 Å². The predicted molar refractivity (Wildman–Crippen MR) is 101 cm³/mol. The minimum atomic E-state index is -0.422. The zero-order valence-electron chi connectivity index (χ0n) is 15.1. The van der Waals surface area contributed by atoms with Crippen molar-refractivity contribution in [2.24, 2.45) is 0 Å². The third-order valence-electron chi connectivity index (χ3n) is 4.66. The van der Waals surface area contributed by atoms with E-state index in [9.17, 15) is 9.18 Å². The van der Waals surface area contributed by atoms with E-state index in [2.05, 4.69) is 10.2 Å². The fourth-order valence-corrected chi connectivity index (χ4v) is 3.88. The molecule has 148 valence electrons. The number of halogens is 1. The predicted octanol–water partition coefficient (Wildman–Crippen LogP) is 2.87. The Morgan fingerprint density at radius 1 is 1.07 bits per heavy atom. The van der Waals surface area contributed by atoms with E-state index in [4.69, 9.17) is 19.9 Å². The highest BCUT2D eigenvalue weighted by Gasteiger charge is 2.26. The highest BCUT2D eigenvalue weighted by atomic mass is 32.1. The molecule has 1 aromatic heterocycles. The molecule has 2 aliphatic rings. The number of nitrogens with two attached hydrogens (primary N) is 1. The van der Waals surface area contributed by atoms with Crippen molar-refractivity contribution in [2.45, 2.75) is 19.5 Å². The van der Waals surface area contributed by atoms with Crippen molar-refractivity contribution in [3.63, 3.8) is 0 Å². The van der Waals surface area contributed by atoms with Crippen LogP contribution in [0.5, 0.6) is 23.0 Å². The minimum Gasteiger partial charge on any atom is -0.456 e. The molecule has 8 nitrogen and oxygen atoms in total. The summed E-state index contributed by atoms with van der Waals surface area (Å²) in [6.07, 6.45) is 0.0755. The normalized spacial score (nSPS) is 14.4. The number of rotatable bonds is 2. The summed E-state index contributed by atoms with van der Waals surface area (Å²) in [6, 6.07) is 7.75. The quantitative estimate of drug-likeness (QED) is 0.688. The van der Waals surface area contributed by atoms with Gasteiger partial charge in [-0.3, -0.25) is 4.79 Å². The Hall–Kier alpha value is -3.40. The molecular formula is C19H15FN4O4S. The third kappa shape index (κ3) is 3.42. The van der Waals surface area contributed by atoms with Crippen LogP contribution in [0.2, 0.25) is 0 Å². The Morgan fingerprint density at radius 3 is 2.62 bits per heavy atom. The van der Waals surface area contributed by atoms with Crippen molar-refractivity contribution in [3.05, 3.63) is 52.3 Å². The second-order valence-corrected chi connectivity index (χ2v) is 7.72. The van der Waals surface area contributed by atoms with Crippen molar-refractivity contribution < 1.29 is 23.4 Å². The second-order valence-electron chi connectivity index (χ2n) is 6.63. The Balaban J connectivity index is 1.53. The molecule has 2 aromatic carbocycles. The summed E-state index contributed by atoms with van der Waals surface area (Å²) in [5.41, 5.74) is 7.04. The van der Waals surface area contributed by atoms with E-state index in [-0.39, 0.29) is 32.2 Å². The number of aromatic nitrogens is 2. The first kappa shape index (κ1) is 17.7. The van der Waals surface area contributed by atoms with Crippen LogP contribution < -0.4 is 19.9 Å². The van der Waals surface area contributed by atoms with Gasteiger partial charge < -0.3 is 24.8 Å². The largest absolute Gasteiger partial charge is 0.456 e. The number of ether oxygens (including phenoxy) is 3. The highest BCUT2D eigenvalue weighted by Crippen LogP contribution is 2.42. The number of anilines is 1. The molecule has 0 fully saturated rings. The molecule has 2 aliphatic heterocycles. The molecule has 1 amide bonds. The SMILES string of the molecule is Nc1nnc(CC(=O)N2Cc3ccc(F)cc3Oc3cc4c(cc3C2)OCO4)s1. The standard InChI is InChI=1S/C19H15FN4O4S/c20-12-2-1-10-7-24(18(25)6-17-22-23-19(21)29-17)8-11-3-15-16(27-9-26-15)5-14(11)28-13(10)4-12/h1-5H,6-9H2,(H2,21,23).